The third kappa shape index (κ3) is 2.39. The van der Waals surface area contributed by atoms with E-state index >= 15 is 0 Å². The molecule has 0 spiro atoms. The van der Waals surface area contributed by atoms with Crippen molar-refractivity contribution in [1.82, 2.24) is 14.3 Å². The van der Waals surface area contributed by atoms with Crippen molar-refractivity contribution in [2.75, 3.05) is 0 Å². The maximum atomic E-state index is 4.78. The summed E-state index contributed by atoms with van der Waals surface area (Å²) in [5.74, 6) is 0. The molecule has 1 unspecified atom stereocenters. The van der Waals surface area contributed by atoms with Gasteiger partial charge in [-0.2, -0.15) is 0 Å². The zero-order valence-electron chi connectivity index (χ0n) is 13.5. The van der Waals surface area contributed by atoms with Crippen LogP contribution in [0.15, 0.2) is 71.0 Å². The molecule has 0 aliphatic carbocycles. The Morgan fingerprint density at radius 1 is 1.00 bits per heavy atom. The molecule has 3 aromatic rings. The lowest BCUT2D eigenvalue weighted by Crippen LogP contribution is -2.24. The van der Waals surface area contributed by atoms with Crippen molar-refractivity contribution in [3.63, 3.8) is 0 Å². The van der Waals surface area contributed by atoms with E-state index in [0.717, 1.165) is 22.5 Å². The highest BCUT2D eigenvalue weighted by molar-refractivity contribution is 6.09. The Labute approximate surface area is 139 Å². The van der Waals surface area contributed by atoms with Crippen LogP contribution in [0.2, 0.25) is 0 Å². The van der Waals surface area contributed by atoms with Gasteiger partial charge in [-0.15, -0.1) is 9.47 Å². The fourth-order valence-corrected chi connectivity index (χ4v) is 2.84. The Bertz CT molecular complexity index is 996. The van der Waals surface area contributed by atoms with Crippen LogP contribution in [0.5, 0.6) is 0 Å². The number of aliphatic imine (C=N–C) groups is 1. The molecule has 0 bridgehead atoms. The van der Waals surface area contributed by atoms with Crippen LogP contribution in [0.3, 0.4) is 0 Å². The van der Waals surface area contributed by atoms with E-state index in [1.165, 1.54) is 0 Å². The summed E-state index contributed by atoms with van der Waals surface area (Å²) >= 11 is 0. The quantitative estimate of drug-likeness (QED) is 0.528. The van der Waals surface area contributed by atoms with E-state index in [1.54, 1.807) is 11.0 Å². The van der Waals surface area contributed by atoms with Gasteiger partial charge in [-0.3, -0.25) is 0 Å². The van der Waals surface area contributed by atoms with Gasteiger partial charge < -0.3 is 0 Å². The second kappa shape index (κ2) is 5.76. The van der Waals surface area contributed by atoms with Crippen LogP contribution < -0.4 is 5.62 Å². The van der Waals surface area contributed by atoms with Gasteiger partial charge in [-0.25, -0.2) is 9.56 Å². The monoisotopic (exact) mass is 317 g/mol. The molecule has 24 heavy (non-hydrogen) atoms. The number of aromatic nitrogens is 3. The largest absolute Gasteiger partial charge is 0.497 e. The first-order valence-electron chi connectivity index (χ1n) is 7.75. The standard InChI is InChI=1S/C18H17N6/c1-23-12-19-24(2)18(23)22-21-17-14-10-6-7-11-15(14)20-16(17)13-8-4-3-5-9-13/h3-12,17H,1-2H3/q+1. The van der Waals surface area contributed by atoms with Crippen molar-refractivity contribution in [2.24, 2.45) is 24.2 Å². The molecule has 0 saturated carbocycles. The van der Waals surface area contributed by atoms with Crippen LogP contribution in [0.25, 0.3) is 0 Å². The molecule has 118 valence electrons. The van der Waals surface area contributed by atoms with Gasteiger partial charge in [-0.1, -0.05) is 53.6 Å². The molecule has 1 aliphatic rings. The van der Waals surface area contributed by atoms with Crippen molar-refractivity contribution in [3.8, 4) is 0 Å². The van der Waals surface area contributed by atoms with E-state index in [4.69, 9.17) is 4.99 Å². The van der Waals surface area contributed by atoms with E-state index in [1.807, 2.05) is 55.1 Å². The summed E-state index contributed by atoms with van der Waals surface area (Å²) in [6.45, 7) is 0. The first-order valence-corrected chi connectivity index (χ1v) is 7.75. The average molecular weight is 317 g/mol. The number of nitrogens with zero attached hydrogens (tertiary/aromatic N) is 6. The number of aryl methyl sites for hydroxylation is 2. The first-order chi connectivity index (χ1) is 11.7. The predicted molar refractivity (Wildman–Crippen MR) is 89.8 cm³/mol. The van der Waals surface area contributed by atoms with Crippen LogP contribution in [0.1, 0.15) is 17.2 Å². The topological polar surface area (TPSA) is 61.6 Å². The van der Waals surface area contributed by atoms with Gasteiger partial charge in [0.1, 0.15) is 0 Å². The molecule has 1 aliphatic heterocycles. The summed E-state index contributed by atoms with van der Waals surface area (Å²) in [4.78, 5) is 9.21. The van der Waals surface area contributed by atoms with Crippen LogP contribution in [0, 0.1) is 0 Å². The van der Waals surface area contributed by atoms with Gasteiger partial charge in [0.25, 0.3) is 0 Å². The Hall–Kier alpha value is -3.24. The molecule has 0 amide bonds. The maximum absolute atomic E-state index is 4.78. The minimum absolute atomic E-state index is 0.210. The molecule has 6 nitrogen and oxygen atoms in total. The molecule has 6 heteroatoms. The Morgan fingerprint density at radius 3 is 2.50 bits per heavy atom. The lowest BCUT2D eigenvalue weighted by molar-refractivity contribution is -0.167. The van der Waals surface area contributed by atoms with Crippen molar-refractivity contribution in [1.29, 1.82) is 0 Å². The number of hydrogen-bond donors (Lipinski definition) is 0. The molecular weight excluding hydrogens is 300 g/mol. The van der Waals surface area contributed by atoms with E-state index in [-0.39, 0.29) is 6.04 Å². The van der Waals surface area contributed by atoms with Gasteiger partial charge in [0.05, 0.1) is 25.5 Å². The lowest BCUT2D eigenvalue weighted by atomic mass is 10.00. The smallest absolute Gasteiger partial charge is 0.250 e. The highest BCUT2D eigenvalue weighted by Crippen LogP contribution is 2.37. The molecule has 0 saturated heterocycles. The Morgan fingerprint density at radius 2 is 1.75 bits per heavy atom. The van der Waals surface area contributed by atoms with E-state index in [2.05, 4.69) is 33.2 Å². The molecule has 0 fully saturated rings. The number of hydrogen-bond acceptors (Lipinski definition) is 3. The highest BCUT2D eigenvalue weighted by Gasteiger charge is 2.29. The fourth-order valence-electron chi connectivity index (χ4n) is 2.84. The zero-order valence-corrected chi connectivity index (χ0v) is 13.5. The summed E-state index contributed by atoms with van der Waals surface area (Å²) in [7, 11) is 3.75. The fraction of sp³-hybridized carbons (Fsp3) is 0.167. The Kier molecular flexibility index (Phi) is 3.44. The summed E-state index contributed by atoms with van der Waals surface area (Å²) < 4.78 is 3.54. The molecule has 2 aromatic carbocycles. The second-order valence-corrected chi connectivity index (χ2v) is 5.71. The summed E-state index contributed by atoms with van der Waals surface area (Å²) in [6.07, 6.45) is 1.71. The van der Waals surface area contributed by atoms with E-state index in [9.17, 15) is 0 Å². The first kappa shape index (κ1) is 14.4. The molecule has 0 N–H and O–H groups in total. The predicted octanol–water partition coefficient (Wildman–Crippen LogP) is 2.20. The summed E-state index contributed by atoms with van der Waals surface area (Å²) in [5, 5.41) is 8.78. The van der Waals surface area contributed by atoms with Gasteiger partial charge in [0, 0.05) is 5.56 Å². The third-order valence-corrected chi connectivity index (χ3v) is 4.07. The molecule has 1 atom stereocenters. The molecule has 2 heterocycles. The van der Waals surface area contributed by atoms with E-state index < -0.39 is 0 Å². The van der Waals surface area contributed by atoms with Crippen LogP contribution >= 0.6 is 0 Å². The minimum atomic E-state index is -0.210. The van der Waals surface area contributed by atoms with Crippen molar-refractivity contribution < 1.29 is 4.79 Å². The SMILES string of the molecule is Cn1cnn(C)c1=[N+]=NC1C(c2ccccc2)=Nc2ccccc21. The van der Waals surface area contributed by atoms with Gasteiger partial charge in [-0.05, 0) is 16.7 Å². The molecular formula is C18H17N6+. The van der Waals surface area contributed by atoms with Gasteiger partial charge in [0.2, 0.25) is 0 Å². The van der Waals surface area contributed by atoms with Crippen LogP contribution in [-0.4, -0.2) is 24.8 Å². The lowest BCUT2D eigenvalue weighted by Gasteiger charge is -2.05. The van der Waals surface area contributed by atoms with Crippen molar-refractivity contribution in [3.05, 3.63) is 77.7 Å². The average Bonchev–Trinajstić information content (AvgIpc) is 3.14. The number of benzene rings is 2. The summed E-state index contributed by atoms with van der Waals surface area (Å²) in [6, 6.07) is 18.0. The number of rotatable bonds is 2. The number of para-hydroxylation sites is 1. The van der Waals surface area contributed by atoms with Gasteiger partial charge in [0.15, 0.2) is 12.4 Å². The molecule has 0 radical (unpaired) electrons. The maximum Gasteiger partial charge on any atom is 0.497 e. The summed E-state index contributed by atoms with van der Waals surface area (Å²) in [5.41, 5.74) is 4.70. The molecule has 1 aromatic heterocycles. The highest BCUT2D eigenvalue weighted by atomic mass is 15.4. The minimum Gasteiger partial charge on any atom is -0.250 e. The third-order valence-electron chi connectivity index (χ3n) is 4.07. The van der Waals surface area contributed by atoms with Crippen molar-refractivity contribution >= 4 is 11.4 Å². The zero-order chi connectivity index (χ0) is 16.5. The Balaban J connectivity index is 1.88. The van der Waals surface area contributed by atoms with E-state index in [0.29, 0.717) is 5.62 Å². The van der Waals surface area contributed by atoms with Crippen LogP contribution in [-0.2, 0) is 14.1 Å². The van der Waals surface area contributed by atoms with Crippen LogP contribution in [0.4, 0.5) is 5.69 Å². The molecule has 4 rings (SSSR count). The normalized spacial score (nSPS) is 15.6. The number of fused-ring (bicyclic) bond motifs is 1. The van der Waals surface area contributed by atoms with Crippen molar-refractivity contribution in [2.45, 2.75) is 6.04 Å². The van der Waals surface area contributed by atoms with Gasteiger partial charge >= 0.3 is 5.62 Å². The second-order valence-electron chi connectivity index (χ2n) is 5.71.